The maximum absolute atomic E-state index is 11.1. The van der Waals surface area contributed by atoms with Crippen LogP contribution < -0.4 is 0 Å². The van der Waals surface area contributed by atoms with Gasteiger partial charge in [0.2, 0.25) is 0 Å². The second-order valence-corrected chi connectivity index (χ2v) is 5.61. The van der Waals surface area contributed by atoms with E-state index in [4.69, 9.17) is 5.11 Å². The zero-order valence-corrected chi connectivity index (χ0v) is 12.2. The van der Waals surface area contributed by atoms with Gasteiger partial charge in [0, 0.05) is 38.9 Å². The van der Waals surface area contributed by atoms with Crippen LogP contribution in [0.25, 0.3) is 5.65 Å². The van der Waals surface area contributed by atoms with Crippen molar-refractivity contribution in [3.05, 3.63) is 35.8 Å². The normalized spacial score (nSPS) is 17.4. The number of likely N-dealkylation sites (N-methyl/N-ethyl adjacent to an activating group) is 1. The van der Waals surface area contributed by atoms with Gasteiger partial charge in [0.1, 0.15) is 5.65 Å². The van der Waals surface area contributed by atoms with Crippen molar-refractivity contribution < 1.29 is 9.90 Å². The third kappa shape index (κ3) is 3.06. The lowest BCUT2D eigenvalue weighted by atomic mass is 10.2. The molecule has 1 fully saturated rings. The number of aromatic nitrogens is 2. The van der Waals surface area contributed by atoms with E-state index in [1.807, 2.05) is 18.3 Å². The van der Waals surface area contributed by atoms with E-state index >= 15 is 0 Å². The highest BCUT2D eigenvalue weighted by Crippen LogP contribution is 2.11. The molecule has 3 rings (SSSR count). The first-order valence-corrected chi connectivity index (χ1v) is 7.23. The van der Waals surface area contributed by atoms with E-state index in [1.54, 1.807) is 4.40 Å². The lowest BCUT2D eigenvalue weighted by molar-refractivity contribution is 0.0689. The number of hydrogen-bond acceptors (Lipinski definition) is 4. The van der Waals surface area contributed by atoms with Crippen LogP contribution in [0.4, 0.5) is 0 Å². The van der Waals surface area contributed by atoms with Gasteiger partial charge in [-0.15, -0.1) is 0 Å². The van der Waals surface area contributed by atoms with Gasteiger partial charge in [-0.2, -0.15) is 0 Å². The topological polar surface area (TPSA) is 61.1 Å². The van der Waals surface area contributed by atoms with Crippen LogP contribution >= 0.6 is 0 Å². The molecule has 0 aromatic carbocycles. The van der Waals surface area contributed by atoms with Crippen molar-refractivity contribution in [1.29, 1.82) is 0 Å². The van der Waals surface area contributed by atoms with Crippen molar-refractivity contribution in [1.82, 2.24) is 19.2 Å². The predicted octanol–water partition coefficient (Wildman–Crippen LogP) is 0.822. The third-order valence-electron chi connectivity index (χ3n) is 4.10. The molecule has 0 spiro atoms. The van der Waals surface area contributed by atoms with Crippen LogP contribution in [0.3, 0.4) is 0 Å². The Morgan fingerprint density at radius 3 is 2.76 bits per heavy atom. The molecule has 2 aromatic heterocycles. The van der Waals surface area contributed by atoms with E-state index in [-0.39, 0.29) is 5.69 Å². The van der Waals surface area contributed by atoms with Gasteiger partial charge >= 0.3 is 5.97 Å². The average Bonchev–Trinajstić information content (AvgIpc) is 2.90. The van der Waals surface area contributed by atoms with Gasteiger partial charge in [-0.25, -0.2) is 9.78 Å². The summed E-state index contributed by atoms with van der Waals surface area (Å²) < 4.78 is 1.65. The number of carbonyl (C=O) groups is 1. The summed E-state index contributed by atoms with van der Waals surface area (Å²) in [4.78, 5) is 20.1. The largest absolute Gasteiger partial charge is 0.477 e. The molecule has 6 heteroatoms. The molecule has 21 heavy (non-hydrogen) atoms. The number of piperazine rings is 1. The van der Waals surface area contributed by atoms with E-state index in [0.717, 1.165) is 44.7 Å². The molecule has 2 aromatic rings. The van der Waals surface area contributed by atoms with E-state index in [1.165, 1.54) is 6.20 Å². The van der Waals surface area contributed by atoms with Crippen LogP contribution in [-0.4, -0.2) is 70.0 Å². The van der Waals surface area contributed by atoms with Crippen LogP contribution in [0.5, 0.6) is 0 Å². The molecule has 0 aliphatic carbocycles. The summed E-state index contributed by atoms with van der Waals surface area (Å²) in [7, 11) is 2.15. The summed E-state index contributed by atoms with van der Waals surface area (Å²) in [6, 6.07) is 3.91. The van der Waals surface area contributed by atoms with Gasteiger partial charge in [0.05, 0.1) is 6.20 Å². The quantitative estimate of drug-likeness (QED) is 0.902. The van der Waals surface area contributed by atoms with Gasteiger partial charge < -0.3 is 14.9 Å². The number of carboxylic acids is 1. The molecule has 1 aliphatic rings. The van der Waals surface area contributed by atoms with Gasteiger partial charge in [-0.05, 0) is 25.1 Å². The van der Waals surface area contributed by atoms with E-state index in [2.05, 4.69) is 21.8 Å². The van der Waals surface area contributed by atoms with E-state index in [0.29, 0.717) is 5.65 Å². The number of carboxylic acid groups (broad SMARTS) is 1. The summed E-state index contributed by atoms with van der Waals surface area (Å²) >= 11 is 0. The predicted molar refractivity (Wildman–Crippen MR) is 79.8 cm³/mol. The molecule has 6 nitrogen and oxygen atoms in total. The Hall–Kier alpha value is -1.92. The Balaban J connectivity index is 1.69. The molecule has 1 saturated heterocycles. The van der Waals surface area contributed by atoms with Crippen LogP contribution in [0.15, 0.2) is 24.5 Å². The second-order valence-electron chi connectivity index (χ2n) is 5.61. The van der Waals surface area contributed by atoms with Gasteiger partial charge in [0.15, 0.2) is 5.69 Å². The van der Waals surface area contributed by atoms with Gasteiger partial charge in [0.25, 0.3) is 0 Å². The summed E-state index contributed by atoms with van der Waals surface area (Å²) in [6.07, 6.45) is 4.22. The molecule has 0 radical (unpaired) electrons. The fourth-order valence-corrected chi connectivity index (χ4v) is 2.69. The maximum atomic E-state index is 11.1. The van der Waals surface area contributed by atoms with Crippen LogP contribution in [-0.2, 0) is 6.42 Å². The van der Waals surface area contributed by atoms with Crippen molar-refractivity contribution >= 4 is 11.6 Å². The number of imidazole rings is 1. The minimum Gasteiger partial charge on any atom is -0.477 e. The highest BCUT2D eigenvalue weighted by molar-refractivity contribution is 5.86. The van der Waals surface area contributed by atoms with Gasteiger partial charge in [-0.1, -0.05) is 6.07 Å². The maximum Gasteiger partial charge on any atom is 0.354 e. The number of pyridine rings is 1. The molecular formula is C15H20N4O2. The summed E-state index contributed by atoms with van der Waals surface area (Å²) in [6.45, 7) is 5.44. The van der Waals surface area contributed by atoms with Crippen LogP contribution in [0.1, 0.15) is 16.1 Å². The summed E-state index contributed by atoms with van der Waals surface area (Å²) in [5, 5.41) is 9.15. The highest BCUT2D eigenvalue weighted by Gasteiger charge is 2.14. The molecule has 0 atom stereocenters. The number of rotatable bonds is 4. The molecule has 1 N–H and O–H groups in total. The lowest BCUT2D eigenvalue weighted by Crippen LogP contribution is -2.45. The monoisotopic (exact) mass is 288 g/mol. The Bertz CT molecular complexity index is 644. The molecule has 112 valence electrons. The second kappa shape index (κ2) is 5.83. The summed E-state index contributed by atoms with van der Waals surface area (Å²) in [5.41, 5.74) is 2.03. The first kappa shape index (κ1) is 14.0. The fraction of sp³-hybridized carbons (Fsp3) is 0.467. The minimum absolute atomic E-state index is 0.214. The number of aromatic carboxylic acids is 1. The standard InChI is InChI=1S/C15H20N4O2/c1-17-6-8-18(9-7-17)5-4-12-2-3-14-16-10-13(15(20)21)19(14)11-12/h2-3,10-11H,4-9H2,1H3,(H,20,21). The molecule has 0 amide bonds. The smallest absolute Gasteiger partial charge is 0.354 e. The van der Waals surface area contributed by atoms with Crippen molar-refractivity contribution in [2.45, 2.75) is 6.42 Å². The number of hydrogen-bond donors (Lipinski definition) is 1. The number of fused-ring (bicyclic) bond motifs is 1. The minimum atomic E-state index is -0.946. The fourth-order valence-electron chi connectivity index (χ4n) is 2.69. The van der Waals surface area contributed by atoms with Crippen molar-refractivity contribution in [3.8, 4) is 0 Å². The SMILES string of the molecule is CN1CCN(CCc2ccc3ncc(C(=O)O)n3c2)CC1. The molecular weight excluding hydrogens is 268 g/mol. The Morgan fingerprint density at radius 1 is 1.29 bits per heavy atom. The zero-order chi connectivity index (χ0) is 14.8. The van der Waals surface area contributed by atoms with Crippen LogP contribution in [0, 0.1) is 0 Å². The van der Waals surface area contributed by atoms with Crippen molar-refractivity contribution in [2.24, 2.45) is 0 Å². The Morgan fingerprint density at radius 2 is 2.05 bits per heavy atom. The van der Waals surface area contributed by atoms with Crippen LogP contribution in [0.2, 0.25) is 0 Å². The van der Waals surface area contributed by atoms with Crippen molar-refractivity contribution in [3.63, 3.8) is 0 Å². The average molecular weight is 288 g/mol. The summed E-state index contributed by atoms with van der Waals surface area (Å²) in [5.74, 6) is -0.946. The zero-order valence-electron chi connectivity index (χ0n) is 12.2. The molecule has 0 unspecified atom stereocenters. The van der Waals surface area contributed by atoms with Crippen molar-refractivity contribution in [2.75, 3.05) is 39.8 Å². The van der Waals surface area contributed by atoms with E-state index in [9.17, 15) is 4.79 Å². The highest BCUT2D eigenvalue weighted by atomic mass is 16.4. The Kier molecular flexibility index (Phi) is 3.90. The molecule has 0 saturated carbocycles. The molecule has 1 aliphatic heterocycles. The number of nitrogens with zero attached hydrogens (tertiary/aromatic N) is 4. The first-order chi connectivity index (χ1) is 10.1. The molecule has 0 bridgehead atoms. The van der Waals surface area contributed by atoms with E-state index < -0.39 is 5.97 Å². The lowest BCUT2D eigenvalue weighted by Gasteiger charge is -2.32. The molecule has 3 heterocycles. The third-order valence-corrected chi connectivity index (χ3v) is 4.10. The van der Waals surface area contributed by atoms with Gasteiger partial charge in [-0.3, -0.25) is 4.40 Å². The Labute approximate surface area is 123 Å². The first-order valence-electron chi connectivity index (χ1n) is 7.23.